The third kappa shape index (κ3) is 5.40. The van der Waals surface area contributed by atoms with Gasteiger partial charge in [-0.2, -0.15) is 0 Å². The Balaban J connectivity index is 2.92. The molecule has 3 nitrogen and oxygen atoms in total. The van der Waals surface area contributed by atoms with Gasteiger partial charge < -0.3 is 9.47 Å². The van der Waals surface area contributed by atoms with Crippen LogP contribution in [0.5, 0.6) is 11.5 Å². The summed E-state index contributed by atoms with van der Waals surface area (Å²) in [5.74, 6) is 1.32. The van der Waals surface area contributed by atoms with Gasteiger partial charge in [-0.3, -0.25) is 4.79 Å². The Bertz CT molecular complexity index is 564. The Morgan fingerprint density at radius 2 is 1.82 bits per heavy atom. The summed E-state index contributed by atoms with van der Waals surface area (Å²) >= 11 is 0. The van der Waals surface area contributed by atoms with E-state index in [1.165, 1.54) is 11.1 Å². The van der Waals surface area contributed by atoms with E-state index in [4.69, 9.17) is 9.47 Å². The van der Waals surface area contributed by atoms with Crippen LogP contribution in [0.25, 0.3) is 0 Å². The molecule has 0 atom stereocenters. The molecule has 0 N–H and O–H groups in total. The van der Waals surface area contributed by atoms with Gasteiger partial charge in [0.1, 0.15) is 11.5 Å². The van der Waals surface area contributed by atoms with Gasteiger partial charge in [-0.15, -0.1) is 0 Å². The molecule has 0 aliphatic heterocycles. The molecule has 0 aliphatic carbocycles. The van der Waals surface area contributed by atoms with Crippen LogP contribution in [0, 0.1) is 0 Å². The fraction of sp³-hybridized carbons (Fsp3) is 0.421. The molecule has 1 aromatic rings. The molecule has 0 bridgehead atoms. The van der Waals surface area contributed by atoms with E-state index in [0.29, 0.717) is 23.5 Å². The van der Waals surface area contributed by atoms with Crippen LogP contribution in [0.15, 0.2) is 35.4 Å². The lowest BCUT2D eigenvalue weighted by atomic mass is 10.0. The fourth-order valence-corrected chi connectivity index (χ4v) is 2.23. The minimum Gasteiger partial charge on any atom is -0.497 e. The zero-order valence-corrected chi connectivity index (χ0v) is 14.2. The van der Waals surface area contributed by atoms with Crippen LogP contribution >= 0.6 is 0 Å². The predicted octanol–water partition coefficient (Wildman–Crippen LogP) is 4.75. The van der Waals surface area contributed by atoms with E-state index in [1.807, 2.05) is 6.07 Å². The lowest BCUT2D eigenvalue weighted by Crippen LogP contribution is -1.99. The number of ether oxygens (including phenoxy) is 2. The van der Waals surface area contributed by atoms with Crippen molar-refractivity contribution in [1.29, 1.82) is 0 Å². The monoisotopic (exact) mass is 302 g/mol. The average Bonchev–Trinajstić information content (AvgIpc) is 2.51. The van der Waals surface area contributed by atoms with Gasteiger partial charge in [0.05, 0.1) is 14.2 Å². The number of carbonyl (C=O) groups is 1. The fourth-order valence-electron chi connectivity index (χ4n) is 2.23. The Hall–Kier alpha value is -2.03. The molecule has 1 rings (SSSR count). The normalized spacial score (nSPS) is 11.0. The van der Waals surface area contributed by atoms with Crippen LogP contribution in [0.3, 0.4) is 0 Å². The Labute approximate surface area is 133 Å². The van der Waals surface area contributed by atoms with Gasteiger partial charge in [0, 0.05) is 17.2 Å². The van der Waals surface area contributed by atoms with E-state index >= 15 is 0 Å². The lowest BCUT2D eigenvalue weighted by molar-refractivity contribution is 0.112. The number of methoxy groups -OCH3 is 2. The Morgan fingerprint density at radius 3 is 2.36 bits per heavy atom. The van der Waals surface area contributed by atoms with Gasteiger partial charge in [-0.05, 0) is 46.1 Å². The van der Waals surface area contributed by atoms with Crippen LogP contribution < -0.4 is 9.47 Å². The minimum atomic E-state index is 0.615. The van der Waals surface area contributed by atoms with E-state index < -0.39 is 0 Å². The maximum absolute atomic E-state index is 11.3. The molecule has 3 heteroatoms. The molecule has 0 heterocycles. The molecule has 0 radical (unpaired) electrons. The molecule has 0 aromatic heterocycles. The Kier molecular flexibility index (Phi) is 7.44. The summed E-state index contributed by atoms with van der Waals surface area (Å²) in [5, 5.41) is 0. The SMILES string of the molecule is COc1cc(C=O)c(C/C=C(\C)CCC=C(C)C)c(OC)c1. The molecule has 1 aromatic carbocycles. The molecule has 0 saturated heterocycles. The predicted molar refractivity (Wildman–Crippen MR) is 91.1 cm³/mol. The molecule has 120 valence electrons. The van der Waals surface area contributed by atoms with Crippen LogP contribution in [0.4, 0.5) is 0 Å². The van der Waals surface area contributed by atoms with Gasteiger partial charge in [-0.25, -0.2) is 0 Å². The van der Waals surface area contributed by atoms with E-state index in [0.717, 1.165) is 24.7 Å². The maximum atomic E-state index is 11.3. The standard InChI is InChI=1S/C19H26O3/c1-14(2)7-6-8-15(3)9-10-18-16(13-20)11-17(21-4)12-19(18)22-5/h7,9,11-13H,6,8,10H2,1-5H3/b15-9+. The van der Waals surface area contributed by atoms with Crippen molar-refractivity contribution in [2.24, 2.45) is 0 Å². The second-order valence-corrected chi connectivity index (χ2v) is 5.59. The largest absolute Gasteiger partial charge is 0.497 e. The summed E-state index contributed by atoms with van der Waals surface area (Å²) in [5.41, 5.74) is 4.17. The van der Waals surface area contributed by atoms with E-state index in [2.05, 4.69) is 32.9 Å². The topological polar surface area (TPSA) is 35.5 Å². The first-order chi connectivity index (χ1) is 10.5. The summed E-state index contributed by atoms with van der Waals surface area (Å²) in [6, 6.07) is 3.56. The van der Waals surface area contributed by atoms with E-state index in [1.54, 1.807) is 20.3 Å². The van der Waals surface area contributed by atoms with E-state index in [9.17, 15) is 4.79 Å². The lowest BCUT2D eigenvalue weighted by Gasteiger charge is -2.12. The highest BCUT2D eigenvalue weighted by molar-refractivity contribution is 5.80. The van der Waals surface area contributed by atoms with Crippen LogP contribution in [-0.2, 0) is 6.42 Å². The molecule has 0 aliphatic rings. The molecule has 0 spiro atoms. The maximum Gasteiger partial charge on any atom is 0.150 e. The number of carbonyl (C=O) groups excluding carboxylic acids is 1. The highest BCUT2D eigenvalue weighted by atomic mass is 16.5. The van der Waals surface area contributed by atoms with Crippen LogP contribution in [0.1, 0.15) is 49.5 Å². The highest BCUT2D eigenvalue weighted by Crippen LogP contribution is 2.29. The highest BCUT2D eigenvalue weighted by Gasteiger charge is 2.11. The van der Waals surface area contributed by atoms with Gasteiger partial charge in [0.2, 0.25) is 0 Å². The van der Waals surface area contributed by atoms with Crippen molar-refractivity contribution in [2.45, 2.75) is 40.0 Å². The quantitative estimate of drug-likeness (QED) is 0.513. The molecule has 0 unspecified atom stereocenters. The summed E-state index contributed by atoms with van der Waals surface area (Å²) in [6.45, 7) is 6.34. The second kappa shape index (κ2) is 9.08. The van der Waals surface area contributed by atoms with Crippen molar-refractivity contribution in [3.05, 3.63) is 46.6 Å². The van der Waals surface area contributed by atoms with Crippen LogP contribution in [0.2, 0.25) is 0 Å². The van der Waals surface area contributed by atoms with Crippen molar-refractivity contribution in [3.8, 4) is 11.5 Å². The van der Waals surface area contributed by atoms with Gasteiger partial charge in [0.25, 0.3) is 0 Å². The van der Waals surface area contributed by atoms with Crippen molar-refractivity contribution in [3.63, 3.8) is 0 Å². The third-order valence-electron chi connectivity index (χ3n) is 3.55. The second-order valence-electron chi connectivity index (χ2n) is 5.59. The smallest absolute Gasteiger partial charge is 0.150 e. The summed E-state index contributed by atoms with van der Waals surface area (Å²) in [7, 11) is 3.19. The number of rotatable bonds is 8. The van der Waals surface area contributed by atoms with Crippen molar-refractivity contribution in [2.75, 3.05) is 14.2 Å². The first-order valence-electron chi connectivity index (χ1n) is 7.50. The van der Waals surface area contributed by atoms with Gasteiger partial charge in [-0.1, -0.05) is 23.3 Å². The number of benzene rings is 1. The molecular formula is C19H26O3. The zero-order chi connectivity index (χ0) is 16.5. The Morgan fingerprint density at radius 1 is 1.09 bits per heavy atom. The number of hydrogen-bond acceptors (Lipinski definition) is 3. The van der Waals surface area contributed by atoms with E-state index in [-0.39, 0.29) is 0 Å². The molecular weight excluding hydrogens is 276 g/mol. The molecule has 22 heavy (non-hydrogen) atoms. The van der Waals surface area contributed by atoms with Crippen molar-refractivity contribution in [1.82, 2.24) is 0 Å². The van der Waals surface area contributed by atoms with Gasteiger partial charge in [0.15, 0.2) is 6.29 Å². The number of hydrogen-bond donors (Lipinski definition) is 0. The zero-order valence-electron chi connectivity index (χ0n) is 14.2. The first kappa shape index (κ1) is 18.0. The average molecular weight is 302 g/mol. The molecule has 0 fully saturated rings. The summed E-state index contributed by atoms with van der Waals surface area (Å²) in [4.78, 5) is 11.3. The summed E-state index contributed by atoms with van der Waals surface area (Å²) in [6.07, 6.45) is 8.01. The minimum absolute atomic E-state index is 0.615. The molecule has 0 saturated carbocycles. The number of aldehydes is 1. The van der Waals surface area contributed by atoms with Gasteiger partial charge >= 0.3 is 0 Å². The van der Waals surface area contributed by atoms with Crippen molar-refractivity contribution >= 4 is 6.29 Å². The molecule has 0 amide bonds. The van der Waals surface area contributed by atoms with Crippen LogP contribution in [-0.4, -0.2) is 20.5 Å². The first-order valence-corrected chi connectivity index (χ1v) is 7.50. The van der Waals surface area contributed by atoms with Crippen molar-refractivity contribution < 1.29 is 14.3 Å². The number of allylic oxidation sites excluding steroid dienone is 4. The third-order valence-corrected chi connectivity index (χ3v) is 3.55. The summed E-state index contributed by atoms with van der Waals surface area (Å²) < 4.78 is 10.6.